The van der Waals surface area contributed by atoms with Crippen molar-refractivity contribution in [1.82, 2.24) is 9.97 Å². The Morgan fingerprint density at radius 2 is 1.16 bits per heavy atom. The number of esters is 2. The molecule has 0 fully saturated rings. The number of nitrogens with zero attached hydrogens (tertiary/aromatic N) is 2. The van der Waals surface area contributed by atoms with Gasteiger partial charge in [-0.3, -0.25) is 4.79 Å². The van der Waals surface area contributed by atoms with Crippen LogP contribution in [0.5, 0.6) is 29.1 Å². The first-order valence-electron chi connectivity index (χ1n) is 16.1. The van der Waals surface area contributed by atoms with Gasteiger partial charge in [-0.15, -0.1) is 0 Å². The van der Waals surface area contributed by atoms with Crippen molar-refractivity contribution in [3.63, 3.8) is 0 Å². The first-order chi connectivity index (χ1) is 26.3. The normalized spacial score (nSPS) is 10.8. The quantitative estimate of drug-likeness (QED) is 0.0651. The van der Waals surface area contributed by atoms with Crippen molar-refractivity contribution in [2.24, 2.45) is 0 Å². The number of fused-ring (bicyclic) bond motifs is 2. The number of aromatic nitrogens is 2. The Morgan fingerprint density at radius 3 is 1.61 bits per heavy atom. The summed E-state index contributed by atoms with van der Waals surface area (Å²) in [7, 11) is 0. The number of halogens is 3. The molecule has 0 bridgehead atoms. The van der Waals surface area contributed by atoms with Crippen LogP contribution in [0.15, 0.2) is 93.8 Å². The van der Waals surface area contributed by atoms with E-state index >= 15 is 0 Å². The van der Waals surface area contributed by atoms with Crippen LogP contribution < -0.4 is 122 Å². The summed E-state index contributed by atoms with van der Waals surface area (Å²) in [5.74, 6) is 0.920. The molecule has 57 heavy (non-hydrogen) atoms. The van der Waals surface area contributed by atoms with Crippen LogP contribution in [0.1, 0.15) is 29.1 Å². The van der Waals surface area contributed by atoms with Gasteiger partial charge < -0.3 is 49.2 Å². The molecule has 2 aromatic heterocycles. The number of oxazole rings is 2. The maximum absolute atomic E-state index is 11.6. The van der Waals surface area contributed by atoms with E-state index in [1.54, 1.807) is 100 Å². The van der Waals surface area contributed by atoms with Crippen LogP contribution in [0.4, 0.5) is 0 Å². The molecule has 294 valence electrons. The van der Waals surface area contributed by atoms with Gasteiger partial charge in [-0.2, -0.15) is 9.97 Å². The van der Waals surface area contributed by atoms with Gasteiger partial charge >= 0.3 is 121 Å². The summed E-state index contributed by atoms with van der Waals surface area (Å²) in [6.45, 7) is 7.20. The second-order valence-electron chi connectivity index (χ2n) is 10.5. The van der Waals surface area contributed by atoms with Crippen molar-refractivity contribution in [2.45, 2.75) is 39.9 Å². The third-order valence-electron chi connectivity index (χ3n) is 6.42. The minimum atomic E-state index is -0.687. The fraction of sp³-hybridized carbons (Fsp3) is 0.216. The van der Waals surface area contributed by atoms with Gasteiger partial charge in [0.15, 0.2) is 23.4 Å². The monoisotopic (exact) mass is 898 g/mol. The number of phenols is 1. The molecular formula is C37H35Cl3K2N2O13. The number of hydrogen-bond donors (Lipinski definition) is 1. The van der Waals surface area contributed by atoms with E-state index in [1.807, 2.05) is 0 Å². The summed E-state index contributed by atoms with van der Waals surface area (Å²) in [5, 5.41) is 18.8. The van der Waals surface area contributed by atoms with Crippen LogP contribution in [0.3, 0.4) is 0 Å². The molecular weight excluding hydrogens is 865 g/mol. The zero-order valence-electron chi connectivity index (χ0n) is 32.6. The van der Waals surface area contributed by atoms with Crippen molar-refractivity contribution in [1.29, 1.82) is 0 Å². The molecule has 0 amide bonds. The summed E-state index contributed by atoms with van der Waals surface area (Å²) in [6, 6.07) is 23.2. The standard InChI is InChI=1S/C18H16ClNO5.C11H14O4.C7H3Cl2NO.CH2O3.2K.H/c1-3-22-17(21)11(2)23-13-5-7-14(8-6-13)24-18-20-15-9-4-12(19)10-16(15)25-18;1-3-14-11(13)8(2)15-10-6-4-9(12)5-7-10;8-4-1-2-5-6(3-4)11-7(9)10-5;2-1-4-3;;;/h4-11H,3H2,1-2H3;4-8,12H,3H2,1-2H3;1-3H;1,3H;;;/q;;;;2*+1;-1/p-1. The molecule has 0 aliphatic carbocycles. The molecule has 0 aliphatic rings. The van der Waals surface area contributed by atoms with Crippen LogP contribution in [-0.2, 0) is 28.7 Å². The molecule has 20 heteroatoms. The number of phenolic OH excluding ortho intramolecular Hbond substituents is 1. The van der Waals surface area contributed by atoms with Crippen LogP contribution >= 0.6 is 34.8 Å². The molecule has 15 nitrogen and oxygen atoms in total. The number of hydrogen-bond acceptors (Lipinski definition) is 15. The van der Waals surface area contributed by atoms with Crippen LogP contribution in [0, 0.1) is 0 Å². The molecule has 0 spiro atoms. The SMILES string of the molecule is CCOC(=O)C(C)Oc1ccc(O)cc1.CCOC(=O)C(C)Oc1ccc(Oc2nc3ccc(Cl)cc3o2)cc1.Clc1ccc2nc(Cl)oc2c1.O=CO[O-].[H-].[K+].[K+]. The zero-order valence-corrected chi connectivity index (χ0v) is 40.1. The molecule has 1 N–H and O–H groups in total. The van der Waals surface area contributed by atoms with Crippen LogP contribution in [0.25, 0.3) is 22.2 Å². The van der Waals surface area contributed by atoms with E-state index in [2.05, 4.69) is 14.9 Å². The average molecular weight is 900 g/mol. The molecule has 6 aromatic rings. The topological polar surface area (TPSA) is 202 Å². The Kier molecular flexibility index (Phi) is 25.9. The van der Waals surface area contributed by atoms with E-state index in [4.69, 9.17) is 82.5 Å². The third kappa shape index (κ3) is 19.0. The Bertz CT molecular complexity index is 2130. The maximum atomic E-state index is 11.6. The van der Waals surface area contributed by atoms with Gasteiger partial charge in [0.2, 0.25) is 0 Å². The number of ether oxygens (including phenoxy) is 5. The van der Waals surface area contributed by atoms with Crippen LogP contribution in [-0.4, -0.2) is 58.9 Å². The van der Waals surface area contributed by atoms with E-state index in [0.717, 1.165) is 5.52 Å². The predicted octanol–water partition coefficient (Wildman–Crippen LogP) is 2.02. The molecule has 0 aliphatic heterocycles. The van der Waals surface area contributed by atoms with Crippen molar-refractivity contribution >= 4 is 75.4 Å². The molecule has 0 saturated carbocycles. The van der Waals surface area contributed by atoms with Crippen molar-refractivity contribution < 1.29 is 166 Å². The smallest absolute Gasteiger partial charge is 1.00 e. The predicted molar refractivity (Wildman–Crippen MR) is 199 cm³/mol. The third-order valence-corrected chi connectivity index (χ3v) is 7.05. The molecule has 0 radical (unpaired) electrons. The molecule has 2 atom stereocenters. The first kappa shape index (κ1) is 52.6. The van der Waals surface area contributed by atoms with Gasteiger partial charge in [0, 0.05) is 22.2 Å². The van der Waals surface area contributed by atoms with Gasteiger partial charge in [0.25, 0.3) is 11.8 Å². The Balaban J connectivity index is 0.000000842. The molecule has 6 rings (SSSR count). The zero-order chi connectivity index (χ0) is 40.3. The second-order valence-corrected chi connectivity index (χ2v) is 11.7. The Morgan fingerprint density at radius 1 is 0.737 bits per heavy atom. The first-order valence-corrected chi connectivity index (χ1v) is 17.2. The molecule has 2 unspecified atom stereocenters. The number of carbonyl (C=O) groups is 3. The largest absolute Gasteiger partial charge is 1.00 e. The van der Waals surface area contributed by atoms with Crippen molar-refractivity contribution in [3.05, 3.63) is 100 Å². The summed E-state index contributed by atoms with van der Waals surface area (Å²) < 4.78 is 36.6. The van der Waals surface area contributed by atoms with E-state index in [9.17, 15) is 9.59 Å². The van der Waals surface area contributed by atoms with Gasteiger partial charge in [-0.25, -0.2) is 9.59 Å². The Labute approximate surface area is 428 Å². The number of benzene rings is 4. The second kappa shape index (κ2) is 28.1. The average Bonchev–Trinajstić information content (AvgIpc) is 3.74. The fourth-order valence-electron chi connectivity index (χ4n) is 4.03. The van der Waals surface area contributed by atoms with E-state index in [1.165, 1.54) is 12.1 Å². The van der Waals surface area contributed by atoms with Crippen LogP contribution in [0.2, 0.25) is 15.4 Å². The molecule has 0 saturated heterocycles. The summed E-state index contributed by atoms with van der Waals surface area (Å²) in [5.41, 5.74) is 2.54. The Hall–Kier alpha value is -2.47. The van der Waals surface area contributed by atoms with Crippen molar-refractivity contribution in [3.8, 4) is 29.1 Å². The maximum Gasteiger partial charge on any atom is 1.00 e. The number of rotatable bonds is 11. The minimum absolute atomic E-state index is 0. The van der Waals surface area contributed by atoms with Gasteiger partial charge in [0.05, 0.1) is 13.2 Å². The number of aromatic hydroxyl groups is 1. The minimum Gasteiger partial charge on any atom is -1.00 e. The van der Waals surface area contributed by atoms with Gasteiger partial charge in [0.1, 0.15) is 34.0 Å². The molecule has 2 heterocycles. The van der Waals surface area contributed by atoms with E-state index < -0.39 is 24.1 Å². The van der Waals surface area contributed by atoms with Gasteiger partial charge in [-0.05, 0) is 112 Å². The van der Waals surface area contributed by atoms with Gasteiger partial charge in [-0.1, -0.05) is 23.2 Å². The summed E-state index contributed by atoms with van der Waals surface area (Å²) in [6.07, 6.45) is -1.21. The summed E-state index contributed by atoms with van der Waals surface area (Å²) in [4.78, 5) is 42.1. The molecule has 4 aromatic carbocycles. The fourth-order valence-corrected chi connectivity index (χ4v) is 4.53. The van der Waals surface area contributed by atoms with E-state index in [0.29, 0.717) is 57.2 Å². The van der Waals surface area contributed by atoms with E-state index in [-0.39, 0.29) is 128 Å². The number of carbonyl (C=O) groups excluding carboxylic acids is 3. The summed E-state index contributed by atoms with van der Waals surface area (Å²) >= 11 is 17.1. The van der Waals surface area contributed by atoms with Crippen molar-refractivity contribution in [2.75, 3.05) is 13.2 Å².